The maximum Gasteiger partial charge on any atom is 0.405 e. The highest BCUT2D eigenvalue weighted by molar-refractivity contribution is 7.13. The number of hydrogen-bond donors (Lipinski definition) is 1. The topological polar surface area (TPSA) is 80.1 Å². The number of amides is 2. The first-order chi connectivity index (χ1) is 14.8. The number of carbonyl (C=O) groups is 2. The van der Waals surface area contributed by atoms with E-state index in [2.05, 4.69) is 10.1 Å². The fourth-order valence-electron chi connectivity index (χ4n) is 3.39. The smallest absolute Gasteiger partial charge is 0.345 e. The highest BCUT2D eigenvalue weighted by Gasteiger charge is 2.37. The van der Waals surface area contributed by atoms with E-state index in [1.54, 1.807) is 22.5 Å². The first kappa shape index (κ1) is 21.0. The third-order valence-corrected chi connectivity index (χ3v) is 5.74. The predicted octanol–water partition coefficient (Wildman–Crippen LogP) is 3.28. The molecule has 2 aromatic heterocycles. The Morgan fingerprint density at radius 3 is 2.74 bits per heavy atom. The maximum atomic E-state index is 12.9. The second-order valence-electron chi connectivity index (χ2n) is 7.04. The third-order valence-electron chi connectivity index (χ3n) is 4.85. The number of aromatic nitrogens is 3. The molecule has 4 rings (SSSR count). The van der Waals surface area contributed by atoms with Gasteiger partial charge in [-0.25, -0.2) is 9.67 Å². The Bertz CT molecular complexity index is 1080. The van der Waals surface area contributed by atoms with Crippen LogP contribution in [0, 0.1) is 0 Å². The van der Waals surface area contributed by atoms with Crippen LogP contribution < -0.4 is 5.32 Å². The summed E-state index contributed by atoms with van der Waals surface area (Å²) >= 11 is 1.26. The van der Waals surface area contributed by atoms with E-state index in [0.717, 1.165) is 11.3 Å². The van der Waals surface area contributed by atoms with Gasteiger partial charge in [0.25, 0.3) is 5.91 Å². The van der Waals surface area contributed by atoms with Gasteiger partial charge in [0.2, 0.25) is 5.91 Å². The van der Waals surface area contributed by atoms with Crippen molar-refractivity contribution in [2.45, 2.75) is 25.1 Å². The Kier molecular flexibility index (Phi) is 5.77. The summed E-state index contributed by atoms with van der Waals surface area (Å²) < 4.78 is 38.9. The van der Waals surface area contributed by atoms with Crippen LogP contribution in [-0.4, -0.2) is 56.8 Å². The number of rotatable bonds is 5. The minimum absolute atomic E-state index is 0.156. The van der Waals surface area contributed by atoms with Crippen LogP contribution in [-0.2, 0) is 4.79 Å². The van der Waals surface area contributed by atoms with Crippen molar-refractivity contribution in [3.05, 3.63) is 53.8 Å². The van der Waals surface area contributed by atoms with Gasteiger partial charge in [0, 0.05) is 23.7 Å². The molecule has 2 amide bonds. The Hall–Kier alpha value is -3.21. The molecule has 1 N–H and O–H groups in total. The summed E-state index contributed by atoms with van der Waals surface area (Å²) in [5.74, 6) is -1.27. The van der Waals surface area contributed by atoms with E-state index in [-0.39, 0.29) is 5.69 Å². The Balaban J connectivity index is 1.47. The largest absolute Gasteiger partial charge is 0.405 e. The van der Waals surface area contributed by atoms with Crippen molar-refractivity contribution in [2.24, 2.45) is 0 Å². The van der Waals surface area contributed by atoms with E-state index in [0.29, 0.717) is 24.4 Å². The number of benzene rings is 1. The Labute approximate surface area is 179 Å². The van der Waals surface area contributed by atoms with Crippen LogP contribution in [0.3, 0.4) is 0 Å². The van der Waals surface area contributed by atoms with E-state index >= 15 is 0 Å². The highest BCUT2D eigenvalue weighted by atomic mass is 32.1. The average Bonchev–Trinajstić information content (AvgIpc) is 3.51. The number of carbonyl (C=O) groups excluding carboxylic acids is 2. The lowest BCUT2D eigenvalue weighted by atomic mass is 10.2. The molecule has 1 atom stereocenters. The zero-order valence-corrected chi connectivity index (χ0v) is 17.0. The van der Waals surface area contributed by atoms with Crippen LogP contribution in [0.15, 0.2) is 48.1 Å². The normalized spacial score (nSPS) is 16.5. The van der Waals surface area contributed by atoms with E-state index < -0.39 is 30.6 Å². The van der Waals surface area contributed by atoms with Crippen molar-refractivity contribution >= 4 is 23.2 Å². The van der Waals surface area contributed by atoms with E-state index in [9.17, 15) is 22.8 Å². The van der Waals surface area contributed by atoms with Gasteiger partial charge in [-0.2, -0.15) is 18.3 Å². The molecule has 0 aliphatic carbocycles. The van der Waals surface area contributed by atoms with Crippen molar-refractivity contribution in [1.29, 1.82) is 0 Å². The number of hydrogen-bond acceptors (Lipinski definition) is 5. The first-order valence-corrected chi connectivity index (χ1v) is 10.4. The molecular weight excluding hydrogens is 431 g/mol. The van der Waals surface area contributed by atoms with Crippen LogP contribution in [0.2, 0.25) is 0 Å². The fraction of sp³-hybridized carbons (Fsp3) is 0.300. The van der Waals surface area contributed by atoms with Gasteiger partial charge in [-0.3, -0.25) is 9.59 Å². The second kappa shape index (κ2) is 8.50. The molecule has 0 saturated carbocycles. The van der Waals surface area contributed by atoms with Crippen molar-refractivity contribution < 1.29 is 22.8 Å². The quantitative estimate of drug-likeness (QED) is 0.648. The van der Waals surface area contributed by atoms with Crippen LogP contribution in [0.1, 0.15) is 23.3 Å². The number of para-hydroxylation sites is 1. The zero-order chi connectivity index (χ0) is 22.0. The standard InChI is InChI=1S/C20H18F3N5O2S/c21-20(22,23)12-24-17(29)16-7-4-8-27(16)19(30)15-11-31-18(26-15)13-9-25-28(10-13)14-5-2-1-3-6-14/h1-3,5-6,9-11,16H,4,7-8,12H2,(H,24,29). The van der Waals surface area contributed by atoms with Crippen LogP contribution in [0.4, 0.5) is 13.2 Å². The minimum Gasteiger partial charge on any atom is -0.345 e. The summed E-state index contributed by atoms with van der Waals surface area (Å²) in [5, 5.41) is 8.35. The molecule has 1 aliphatic heterocycles. The van der Waals surface area contributed by atoms with Crippen LogP contribution >= 0.6 is 11.3 Å². The predicted molar refractivity (Wildman–Crippen MR) is 108 cm³/mol. The molecule has 1 fully saturated rings. The molecule has 0 bridgehead atoms. The lowest BCUT2D eigenvalue weighted by molar-refractivity contribution is -0.140. The van der Waals surface area contributed by atoms with Gasteiger partial charge in [-0.05, 0) is 25.0 Å². The van der Waals surface area contributed by atoms with Gasteiger partial charge in [0.05, 0.1) is 11.9 Å². The summed E-state index contributed by atoms with van der Waals surface area (Å²) in [4.78, 5) is 30.7. The van der Waals surface area contributed by atoms with Crippen LogP contribution in [0.25, 0.3) is 16.3 Å². The minimum atomic E-state index is -4.50. The van der Waals surface area contributed by atoms with Gasteiger partial charge in [0.15, 0.2) is 0 Å². The fourth-order valence-corrected chi connectivity index (χ4v) is 4.16. The number of likely N-dealkylation sites (tertiary alicyclic amines) is 1. The molecule has 0 spiro atoms. The van der Waals surface area contributed by atoms with Crippen molar-refractivity contribution in [2.75, 3.05) is 13.1 Å². The molecule has 162 valence electrons. The van der Waals surface area contributed by atoms with Crippen molar-refractivity contribution in [3.63, 3.8) is 0 Å². The molecule has 31 heavy (non-hydrogen) atoms. The van der Waals surface area contributed by atoms with Crippen molar-refractivity contribution in [1.82, 2.24) is 25.0 Å². The molecule has 3 aromatic rings. The number of thiazole rings is 1. The van der Waals surface area contributed by atoms with Crippen molar-refractivity contribution in [3.8, 4) is 16.3 Å². The molecule has 1 unspecified atom stereocenters. The molecule has 0 radical (unpaired) electrons. The summed E-state index contributed by atoms with van der Waals surface area (Å²) in [7, 11) is 0. The summed E-state index contributed by atoms with van der Waals surface area (Å²) in [6, 6.07) is 8.58. The lowest BCUT2D eigenvalue weighted by Gasteiger charge is -2.23. The maximum absolute atomic E-state index is 12.9. The highest BCUT2D eigenvalue weighted by Crippen LogP contribution is 2.27. The average molecular weight is 449 g/mol. The molecule has 7 nitrogen and oxygen atoms in total. The molecule has 11 heteroatoms. The van der Waals surface area contributed by atoms with Crippen LogP contribution in [0.5, 0.6) is 0 Å². The lowest BCUT2D eigenvalue weighted by Crippen LogP contribution is -2.48. The number of alkyl halides is 3. The van der Waals surface area contributed by atoms with E-state index in [4.69, 9.17) is 0 Å². The number of nitrogens with zero attached hydrogens (tertiary/aromatic N) is 4. The molecule has 1 saturated heterocycles. The summed E-state index contributed by atoms with van der Waals surface area (Å²) in [6.45, 7) is -1.13. The molecular formula is C20H18F3N5O2S. The second-order valence-corrected chi connectivity index (χ2v) is 7.89. The molecule has 1 aliphatic rings. The molecule has 1 aromatic carbocycles. The summed E-state index contributed by atoms with van der Waals surface area (Å²) in [6.07, 6.45) is -0.209. The Morgan fingerprint density at radius 2 is 2.00 bits per heavy atom. The van der Waals surface area contributed by atoms with Gasteiger partial charge in [-0.1, -0.05) is 18.2 Å². The van der Waals surface area contributed by atoms with Gasteiger partial charge >= 0.3 is 6.18 Å². The zero-order valence-electron chi connectivity index (χ0n) is 16.2. The van der Waals surface area contributed by atoms with Gasteiger partial charge in [-0.15, -0.1) is 11.3 Å². The van der Waals surface area contributed by atoms with E-state index in [1.165, 1.54) is 16.2 Å². The number of nitrogens with one attached hydrogen (secondary N) is 1. The summed E-state index contributed by atoms with van der Waals surface area (Å²) in [5.41, 5.74) is 1.77. The third kappa shape index (κ3) is 4.76. The Morgan fingerprint density at radius 1 is 1.23 bits per heavy atom. The monoisotopic (exact) mass is 449 g/mol. The number of halogens is 3. The first-order valence-electron chi connectivity index (χ1n) is 9.53. The SMILES string of the molecule is O=C(NCC(F)(F)F)C1CCCN1C(=O)c1csc(-c2cnn(-c3ccccc3)c2)n1. The van der Waals surface area contributed by atoms with Gasteiger partial charge < -0.3 is 10.2 Å². The van der Waals surface area contributed by atoms with E-state index in [1.807, 2.05) is 35.6 Å². The van der Waals surface area contributed by atoms with Gasteiger partial charge in [0.1, 0.15) is 23.3 Å². The molecule has 3 heterocycles.